The van der Waals surface area contributed by atoms with E-state index in [1.165, 1.54) is 24.7 Å². The Morgan fingerprint density at radius 1 is 1.32 bits per heavy atom. The van der Waals surface area contributed by atoms with E-state index in [0.717, 1.165) is 25.6 Å². The number of nitrogens with zero attached hydrogens (tertiary/aromatic N) is 4. The largest absolute Gasteiger partial charge is 0.299 e. The summed E-state index contributed by atoms with van der Waals surface area (Å²) >= 11 is 0. The fourth-order valence-electron chi connectivity index (χ4n) is 3.34. The fourth-order valence-corrected chi connectivity index (χ4v) is 3.34. The lowest BCUT2D eigenvalue weighted by Crippen LogP contribution is -2.33. The van der Waals surface area contributed by atoms with E-state index in [2.05, 4.69) is 27.2 Å². The van der Waals surface area contributed by atoms with Gasteiger partial charge in [0.1, 0.15) is 6.33 Å². The summed E-state index contributed by atoms with van der Waals surface area (Å²) < 4.78 is 1.70. The van der Waals surface area contributed by atoms with Gasteiger partial charge < -0.3 is 0 Å². The minimum absolute atomic E-state index is 0.145. The third kappa shape index (κ3) is 4.45. The number of aromatic nitrogens is 3. The summed E-state index contributed by atoms with van der Waals surface area (Å²) in [4.78, 5) is 19.0. The van der Waals surface area contributed by atoms with Gasteiger partial charge >= 0.3 is 0 Å². The second-order valence-corrected chi connectivity index (χ2v) is 7.26. The predicted octanol–water partition coefficient (Wildman–Crippen LogP) is 3.34. The maximum atomic E-state index is 12.4. The molecule has 1 fully saturated rings. The van der Waals surface area contributed by atoms with Crippen LogP contribution in [0.25, 0.3) is 0 Å². The van der Waals surface area contributed by atoms with Crippen LogP contribution in [-0.4, -0.2) is 38.7 Å². The van der Waals surface area contributed by atoms with Crippen LogP contribution in [0.2, 0.25) is 0 Å². The summed E-state index contributed by atoms with van der Waals surface area (Å²) in [5, 5.41) is 6.97. The molecule has 2 aromatic rings. The highest BCUT2D eigenvalue weighted by Gasteiger charge is 2.17. The fraction of sp³-hybridized carbons (Fsp3) is 0.526. The van der Waals surface area contributed by atoms with Gasteiger partial charge in [0, 0.05) is 18.7 Å². The van der Waals surface area contributed by atoms with E-state index in [1.807, 2.05) is 38.1 Å². The molecule has 0 radical (unpaired) electrons. The number of anilines is 1. The first-order valence-electron chi connectivity index (χ1n) is 9.05. The summed E-state index contributed by atoms with van der Waals surface area (Å²) in [5.41, 5.74) is 1.88. The molecule has 1 aromatic carbocycles. The Bertz CT molecular complexity index is 707. The van der Waals surface area contributed by atoms with Crippen molar-refractivity contribution in [3.05, 3.63) is 41.7 Å². The molecule has 1 aromatic heterocycles. The smallest absolute Gasteiger partial charge is 0.258 e. The number of likely N-dealkylation sites (tertiary alicyclic amines) is 1. The molecule has 134 valence electrons. The predicted molar refractivity (Wildman–Crippen MR) is 98.5 cm³/mol. The second kappa shape index (κ2) is 7.78. The Balaban J connectivity index is 1.61. The Labute approximate surface area is 149 Å². The van der Waals surface area contributed by atoms with Gasteiger partial charge in [-0.1, -0.05) is 19.1 Å². The van der Waals surface area contributed by atoms with Crippen LogP contribution < -0.4 is 5.32 Å². The van der Waals surface area contributed by atoms with Crippen molar-refractivity contribution in [3.8, 4) is 0 Å². The first-order chi connectivity index (χ1) is 12.0. The minimum Gasteiger partial charge on any atom is -0.299 e. The molecule has 6 heteroatoms. The molecule has 0 bridgehead atoms. The maximum absolute atomic E-state index is 12.4. The van der Waals surface area contributed by atoms with Crippen LogP contribution in [0.15, 0.2) is 30.6 Å². The monoisotopic (exact) mass is 341 g/mol. The molecule has 1 aliphatic heterocycles. The number of hydrogen-bond acceptors (Lipinski definition) is 4. The van der Waals surface area contributed by atoms with Crippen molar-refractivity contribution in [1.82, 2.24) is 19.7 Å². The zero-order valence-electron chi connectivity index (χ0n) is 15.3. The molecule has 25 heavy (non-hydrogen) atoms. The highest BCUT2D eigenvalue weighted by Crippen LogP contribution is 2.18. The highest BCUT2D eigenvalue weighted by atomic mass is 16.1. The summed E-state index contributed by atoms with van der Waals surface area (Å²) in [6.45, 7) is 9.59. The van der Waals surface area contributed by atoms with E-state index in [0.29, 0.717) is 11.5 Å². The van der Waals surface area contributed by atoms with Gasteiger partial charge in [0.25, 0.3) is 5.91 Å². The van der Waals surface area contributed by atoms with Crippen molar-refractivity contribution >= 4 is 11.9 Å². The maximum Gasteiger partial charge on any atom is 0.258 e. The molecule has 0 spiro atoms. The van der Waals surface area contributed by atoms with E-state index in [-0.39, 0.29) is 11.9 Å². The molecular formula is C19H27N5O. The molecule has 1 saturated heterocycles. The molecule has 1 N–H and O–H groups in total. The lowest BCUT2D eigenvalue weighted by Gasteiger charge is -2.30. The van der Waals surface area contributed by atoms with Gasteiger partial charge in [-0.2, -0.15) is 10.1 Å². The number of rotatable bonds is 5. The SMILES string of the molecule is CC1CCCN(Cc2ccc(C(=O)Nc3ncnn3C(C)C)cc2)C1. The Hall–Kier alpha value is -2.21. The number of amides is 1. The van der Waals surface area contributed by atoms with Crippen molar-refractivity contribution in [3.63, 3.8) is 0 Å². The normalized spacial score (nSPS) is 18.5. The van der Waals surface area contributed by atoms with Crippen LogP contribution in [0.5, 0.6) is 0 Å². The van der Waals surface area contributed by atoms with Gasteiger partial charge in [-0.25, -0.2) is 4.68 Å². The van der Waals surface area contributed by atoms with Crippen LogP contribution in [0.3, 0.4) is 0 Å². The van der Waals surface area contributed by atoms with Crippen molar-refractivity contribution in [2.75, 3.05) is 18.4 Å². The van der Waals surface area contributed by atoms with E-state index in [4.69, 9.17) is 0 Å². The van der Waals surface area contributed by atoms with Gasteiger partial charge in [-0.15, -0.1) is 0 Å². The summed E-state index contributed by atoms with van der Waals surface area (Å²) in [7, 11) is 0. The van der Waals surface area contributed by atoms with E-state index in [9.17, 15) is 4.79 Å². The third-order valence-corrected chi connectivity index (χ3v) is 4.65. The molecule has 1 atom stereocenters. The number of hydrogen-bond donors (Lipinski definition) is 1. The molecule has 1 unspecified atom stereocenters. The topological polar surface area (TPSA) is 63.1 Å². The highest BCUT2D eigenvalue weighted by molar-refractivity contribution is 6.03. The van der Waals surface area contributed by atoms with Gasteiger partial charge in [0.15, 0.2) is 0 Å². The van der Waals surface area contributed by atoms with Gasteiger partial charge in [0.05, 0.1) is 6.04 Å². The van der Waals surface area contributed by atoms with Gasteiger partial charge in [-0.05, 0) is 56.8 Å². The van der Waals surface area contributed by atoms with Crippen LogP contribution in [0.4, 0.5) is 5.95 Å². The van der Waals surface area contributed by atoms with Crippen LogP contribution in [0.1, 0.15) is 55.6 Å². The Morgan fingerprint density at radius 3 is 2.76 bits per heavy atom. The number of carbonyl (C=O) groups excluding carboxylic acids is 1. The lowest BCUT2D eigenvalue weighted by atomic mass is 9.99. The minimum atomic E-state index is -0.159. The van der Waals surface area contributed by atoms with Crippen molar-refractivity contribution in [1.29, 1.82) is 0 Å². The standard InChI is InChI=1S/C19H27N5O/c1-14(2)24-19(20-13-21-24)22-18(25)17-8-6-16(7-9-17)12-23-10-4-5-15(3)11-23/h6-9,13-15H,4-5,10-12H2,1-3H3,(H,20,21,22,25). The average molecular weight is 341 g/mol. The molecular weight excluding hydrogens is 314 g/mol. The van der Waals surface area contributed by atoms with Crippen molar-refractivity contribution in [2.24, 2.45) is 5.92 Å². The molecule has 1 aliphatic rings. The number of piperidine rings is 1. The number of carbonyl (C=O) groups is 1. The Kier molecular flexibility index (Phi) is 5.48. The van der Waals surface area contributed by atoms with Crippen LogP contribution in [0, 0.1) is 5.92 Å². The molecule has 0 saturated carbocycles. The lowest BCUT2D eigenvalue weighted by molar-refractivity contribution is 0.102. The van der Waals surface area contributed by atoms with E-state index >= 15 is 0 Å². The third-order valence-electron chi connectivity index (χ3n) is 4.65. The number of nitrogens with one attached hydrogen (secondary N) is 1. The van der Waals surface area contributed by atoms with Crippen molar-refractivity contribution < 1.29 is 4.79 Å². The van der Waals surface area contributed by atoms with Crippen molar-refractivity contribution in [2.45, 2.75) is 46.2 Å². The Morgan fingerprint density at radius 2 is 2.08 bits per heavy atom. The van der Waals surface area contributed by atoms with Crippen LogP contribution in [-0.2, 0) is 6.54 Å². The van der Waals surface area contributed by atoms with Crippen LogP contribution >= 0.6 is 0 Å². The summed E-state index contributed by atoms with van der Waals surface area (Å²) in [5.74, 6) is 1.09. The first-order valence-corrected chi connectivity index (χ1v) is 9.05. The number of benzene rings is 1. The molecule has 0 aliphatic carbocycles. The molecule has 1 amide bonds. The molecule has 3 rings (SSSR count). The van der Waals surface area contributed by atoms with Gasteiger partial charge in [0.2, 0.25) is 5.95 Å². The average Bonchev–Trinajstić information content (AvgIpc) is 3.04. The first kappa shape index (κ1) is 17.6. The molecule has 2 heterocycles. The van der Waals surface area contributed by atoms with Gasteiger partial charge in [-0.3, -0.25) is 15.0 Å². The zero-order chi connectivity index (χ0) is 17.8. The summed E-state index contributed by atoms with van der Waals surface area (Å²) in [6.07, 6.45) is 4.06. The quantitative estimate of drug-likeness (QED) is 0.906. The zero-order valence-corrected chi connectivity index (χ0v) is 15.3. The van der Waals surface area contributed by atoms with E-state index in [1.54, 1.807) is 4.68 Å². The summed E-state index contributed by atoms with van der Waals surface area (Å²) in [6, 6.07) is 8.00. The molecule has 6 nitrogen and oxygen atoms in total. The second-order valence-electron chi connectivity index (χ2n) is 7.26. The van der Waals surface area contributed by atoms with E-state index < -0.39 is 0 Å².